The summed E-state index contributed by atoms with van der Waals surface area (Å²) in [5.41, 5.74) is 1.30. The molecule has 0 aromatic carbocycles. The molecule has 0 aliphatic carbocycles. The number of hydrogen-bond donors (Lipinski definition) is 1. The Bertz CT molecular complexity index is 312. The second kappa shape index (κ2) is 5.41. The summed E-state index contributed by atoms with van der Waals surface area (Å²) in [6.45, 7) is 6.84. The Morgan fingerprint density at radius 2 is 2.38 bits per heavy atom. The van der Waals surface area contributed by atoms with Gasteiger partial charge in [-0.05, 0) is 43.6 Å². The van der Waals surface area contributed by atoms with Crippen molar-refractivity contribution in [2.45, 2.75) is 13.5 Å². The third kappa shape index (κ3) is 3.03. The van der Waals surface area contributed by atoms with Crippen LogP contribution >= 0.6 is 0 Å². The van der Waals surface area contributed by atoms with Crippen LogP contribution in [0.2, 0.25) is 0 Å². The molecule has 16 heavy (non-hydrogen) atoms. The molecule has 1 fully saturated rings. The minimum Gasteiger partial charge on any atom is -0.316 e. The molecule has 2 rings (SSSR count). The van der Waals surface area contributed by atoms with Crippen LogP contribution in [0.25, 0.3) is 0 Å². The van der Waals surface area contributed by atoms with Gasteiger partial charge in [0, 0.05) is 25.5 Å². The minimum absolute atomic E-state index is 0.793. The highest BCUT2D eigenvalue weighted by Crippen LogP contribution is 2.17. The standard InChI is InChI=1S/C13H21N3/c1-11-6-15-8-13(11)10-16(2)9-12-4-3-5-14-7-12/h3-5,7,11,13,15H,6,8-10H2,1-2H3/t11-,13+/m1/s1. The summed E-state index contributed by atoms with van der Waals surface area (Å²) in [7, 11) is 2.19. The van der Waals surface area contributed by atoms with Gasteiger partial charge in [0.15, 0.2) is 0 Å². The van der Waals surface area contributed by atoms with Crippen LogP contribution in [0.5, 0.6) is 0 Å². The van der Waals surface area contributed by atoms with Gasteiger partial charge in [0.2, 0.25) is 0 Å². The van der Waals surface area contributed by atoms with E-state index in [1.54, 1.807) is 0 Å². The Kier molecular flexibility index (Phi) is 3.91. The molecule has 1 aromatic heterocycles. The van der Waals surface area contributed by atoms with E-state index in [0.717, 1.165) is 18.4 Å². The van der Waals surface area contributed by atoms with Crippen molar-refractivity contribution < 1.29 is 0 Å². The predicted octanol–water partition coefficient (Wildman–Crippen LogP) is 1.37. The fourth-order valence-corrected chi connectivity index (χ4v) is 2.38. The maximum Gasteiger partial charge on any atom is 0.0312 e. The molecule has 0 unspecified atom stereocenters. The van der Waals surface area contributed by atoms with E-state index in [9.17, 15) is 0 Å². The van der Waals surface area contributed by atoms with Gasteiger partial charge in [-0.3, -0.25) is 4.98 Å². The van der Waals surface area contributed by atoms with Crippen molar-refractivity contribution in [2.75, 3.05) is 26.7 Å². The van der Waals surface area contributed by atoms with Crippen molar-refractivity contribution in [1.82, 2.24) is 15.2 Å². The van der Waals surface area contributed by atoms with E-state index in [2.05, 4.69) is 35.2 Å². The SMILES string of the molecule is C[C@@H]1CNC[C@H]1CN(C)Cc1cccnc1. The van der Waals surface area contributed by atoms with E-state index in [4.69, 9.17) is 0 Å². The first-order valence-corrected chi connectivity index (χ1v) is 6.04. The van der Waals surface area contributed by atoms with E-state index in [-0.39, 0.29) is 0 Å². The molecule has 3 heteroatoms. The van der Waals surface area contributed by atoms with E-state index >= 15 is 0 Å². The van der Waals surface area contributed by atoms with Gasteiger partial charge < -0.3 is 10.2 Å². The molecule has 1 aromatic rings. The van der Waals surface area contributed by atoms with Gasteiger partial charge in [0.1, 0.15) is 0 Å². The number of aromatic nitrogens is 1. The van der Waals surface area contributed by atoms with Gasteiger partial charge in [0.05, 0.1) is 0 Å². The summed E-state index contributed by atoms with van der Waals surface area (Å²) in [4.78, 5) is 6.54. The zero-order valence-electron chi connectivity index (χ0n) is 10.2. The molecule has 88 valence electrons. The lowest BCUT2D eigenvalue weighted by Crippen LogP contribution is -2.28. The third-order valence-electron chi connectivity index (χ3n) is 3.40. The molecule has 0 radical (unpaired) electrons. The first kappa shape index (κ1) is 11.6. The number of rotatable bonds is 4. The minimum atomic E-state index is 0.793. The van der Waals surface area contributed by atoms with E-state index in [0.29, 0.717) is 0 Å². The Morgan fingerprint density at radius 3 is 3.00 bits per heavy atom. The van der Waals surface area contributed by atoms with Gasteiger partial charge in [-0.15, -0.1) is 0 Å². The summed E-state index contributed by atoms with van der Waals surface area (Å²) in [6.07, 6.45) is 3.78. The molecule has 2 atom stereocenters. The molecular formula is C13H21N3. The first-order valence-electron chi connectivity index (χ1n) is 6.04. The van der Waals surface area contributed by atoms with Crippen molar-refractivity contribution in [3.63, 3.8) is 0 Å². The highest BCUT2D eigenvalue weighted by atomic mass is 15.1. The monoisotopic (exact) mass is 219 g/mol. The molecule has 2 heterocycles. The zero-order chi connectivity index (χ0) is 11.4. The average molecular weight is 219 g/mol. The Balaban J connectivity index is 1.82. The number of nitrogens with zero attached hydrogens (tertiary/aromatic N) is 2. The van der Waals surface area contributed by atoms with Gasteiger partial charge in [-0.2, -0.15) is 0 Å². The van der Waals surface area contributed by atoms with Crippen molar-refractivity contribution >= 4 is 0 Å². The summed E-state index contributed by atoms with van der Waals surface area (Å²) in [5, 5.41) is 3.45. The zero-order valence-corrected chi connectivity index (χ0v) is 10.2. The van der Waals surface area contributed by atoms with Gasteiger partial charge in [-0.25, -0.2) is 0 Å². The van der Waals surface area contributed by atoms with Gasteiger partial charge in [0.25, 0.3) is 0 Å². The molecule has 1 saturated heterocycles. The van der Waals surface area contributed by atoms with Crippen LogP contribution in [0.1, 0.15) is 12.5 Å². The quantitative estimate of drug-likeness (QED) is 0.829. The maximum absolute atomic E-state index is 4.15. The topological polar surface area (TPSA) is 28.2 Å². The predicted molar refractivity (Wildman–Crippen MR) is 66.1 cm³/mol. The molecular weight excluding hydrogens is 198 g/mol. The molecule has 0 bridgehead atoms. The van der Waals surface area contributed by atoms with Crippen LogP contribution < -0.4 is 5.32 Å². The number of pyridine rings is 1. The lowest BCUT2D eigenvalue weighted by Gasteiger charge is -2.22. The van der Waals surface area contributed by atoms with Gasteiger partial charge >= 0.3 is 0 Å². The highest BCUT2D eigenvalue weighted by molar-refractivity contribution is 5.07. The number of hydrogen-bond acceptors (Lipinski definition) is 3. The van der Waals surface area contributed by atoms with E-state index in [1.807, 2.05) is 18.5 Å². The van der Waals surface area contributed by atoms with Crippen molar-refractivity contribution in [3.05, 3.63) is 30.1 Å². The van der Waals surface area contributed by atoms with Crippen LogP contribution in [0.3, 0.4) is 0 Å². The van der Waals surface area contributed by atoms with Crippen molar-refractivity contribution in [1.29, 1.82) is 0 Å². The molecule has 1 aliphatic rings. The molecule has 0 saturated carbocycles. The highest BCUT2D eigenvalue weighted by Gasteiger charge is 2.23. The average Bonchev–Trinajstić information content (AvgIpc) is 2.66. The largest absolute Gasteiger partial charge is 0.316 e. The Morgan fingerprint density at radius 1 is 1.50 bits per heavy atom. The lowest BCUT2D eigenvalue weighted by molar-refractivity contribution is 0.252. The first-order chi connectivity index (χ1) is 7.75. The van der Waals surface area contributed by atoms with Crippen LogP contribution in [0.4, 0.5) is 0 Å². The van der Waals surface area contributed by atoms with E-state index in [1.165, 1.54) is 25.2 Å². The van der Waals surface area contributed by atoms with Crippen LogP contribution in [0.15, 0.2) is 24.5 Å². The second-order valence-electron chi connectivity index (χ2n) is 4.95. The van der Waals surface area contributed by atoms with Crippen molar-refractivity contribution in [3.8, 4) is 0 Å². The molecule has 0 amide bonds. The summed E-state index contributed by atoms with van der Waals surface area (Å²) < 4.78 is 0. The Labute approximate surface area is 97.9 Å². The normalized spacial score (nSPS) is 25.2. The van der Waals surface area contributed by atoms with Crippen molar-refractivity contribution in [2.24, 2.45) is 11.8 Å². The lowest BCUT2D eigenvalue weighted by atomic mass is 9.98. The van der Waals surface area contributed by atoms with Crippen LogP contribution in [-0.2, 0) is 6.54 Å². The van der Waals surface area contributed by atoms with Crippen LogP contribution in [-0.4, -0.2) is 36.6 Å². The second-order valence-corrected chi connectivity index (χ2v) is 4.95. The molecule has 3 nitrogen and oxygen atoms in total. The van der Waals surface area contributed by atoms with Gasteiger partial charge in [-0.1, -0.05) is 13.0 Å². The van der Waals surface area contributed by atoms with Crippen LogP contribution in [0, 0.1) is 11.8 Å². The molecule has 1 aliphatic heterocycles. The smallest absolute Gasteiger partial charge is 0.0312 e. The third-order valence-corrected chi connectivity index (χ3v) is 3.40. The number of nitrogens with one attached hydrogen (secondary N) is 1. The summed E-state index contributed by atoms with van der Waals surface area (Å²) in [5.74, 6) is 1.60. The summed E-state index contributed by atoms with van der Waals surface area (Å²) in [6, 6.07) is 4.14. The summed E-state index contributed by atoms with van der Waals surface area (Å²) >= 11 is 0. The van der Waals surface area contributed by atoms with E-state index < -0.39 is 0 Å². The molecule has 1 N–H and O–H groups in total. The fourth-order valence-electron chi connectivity index (χ4n) is 2.38. The molecule has 0 spiro atoms. The maximum atomic E-state index is 4.15. The fraction of sp³-hybridized carbons (Fsp3) is 0.615. The Hall–Kier alpha value is -0.930.